The molecule has 1 aliphatic heterocycles. The highest BCUT2D eigenvalue weighted by Gasteiger charge is 2.20. The molecule has 2 N–H and O–H groups in total. The van der Waals surface area contributed by atoms with E-state index in [1.807, 2.05) is 0 Å². The molecule has 1 atom stereocenters. The van der Waals surface area contributed by atoms with Crippen LogP contribution >= 0.6 is 0 Å². The molecule has 1 unspecified atom stereocenters. The van der Waals surface area contributed by atoms with Crippen molar-refractivity contribution in [2.24, 2.45) is 4.99 Å². The molecule has 1 saturated heterocycles. The van der Waals surface area contributed by atoms with Gasteiger partial charge in [0.2, 0.25) is 0 Å². The Morgan fingerprint density at radius 1 is 1.43 bits per heavy atom. The molecule has 0 amide bonds. The molecule has 6 heteroatoms. The summed E-state index contributed by atoms with van der Waals surface area (Å²) in [6.07, 6.45) is 4.72. The summed E-state index contributed by atoms with van der Waals surface area (Å²) < 4.78 is 5.44. The maximum atomic E-state index is 5.44. The van der Waals surface area contributed by atoms with E-state index in [9.17, 15) is 0 Å². The van der Waals surface area contributed by atoms with Crippen LogP contribution in [0.1, 0.15) is 56.9 Å². The molecule has 2 heterocycles. The van der Waals surface area contributed by atoms with Gasteiger partial charge in [-0.15, -0.1) is 0 Å². The Bertz CT molecular complexity index is 495. The third-order valence-electron chi connectivity index (χ3n) is 4.81. The fraction of sp³-hybridized carbons (Fsp3) is 0.765. The highest BCUT2D eigenvalue weighted by molar-refractivity contribution is 5.79. The standard InChI is InChI=1S/C17H31N5O/c1-5-13(6-2)16-10-15(23-21-16)12-20-17(18-3)19-11-14-8-7-9-22(14)4/h10,13-14H,5-9,11-12H2,1-4H3,(H2,18,19,20). The fourth-order valence-electron chi connectivity index (χ4n) is 3.15. The van der Waals surface area contributed by atoms with Crippen LogP contribution in [0.4, 0.5) is 0 Å². The topological polar surface area (TPSA) is 65.7 Å². The SMILES string of the molecule is CCC(CC)c1cc(CNC(=NC)NCC2CCCN2C)on1. The van der Waals surface area contributed by atoms with Gasteiger partial charge in [0.25, 0.3) is 0 Å². The van der Waals surface area contributed by atoms with Crippen LogP contribution < -0.4 is 10.6 Å². The molecule has 1 aliphatic rings. The first-order chi connectivity index (χ1) is 11.2. The number of likely N-dealkylation sites (N-methyl/N-ethyl adjacent to an activating group) is 1. The number of hydrogen-bond donors (Lipinski definition) is 2. The smallest absolute Gasteiger partial charge is 0.191 e. The normalized spacial score (nSPS) is 19.5. The number of nitrogens with one attached hydrogen (secondary N) is 2. The first-order valence-electron chi connectivity index (χ1n) is 8.78. The molecule has 1 fully saturated rings. The van der Waals surface area contributed by atoms with Crippen molar-refractivity contribution in [2.45, 2.75) is 58.0 Å². The van der Waals surface area contributed by atoms with E-state index in [0.717, 1.165) is 36.8 Å². The van der Waals surface area contributed by atoms with Crippen LogP contribution in [-0.4, -0.2) is 49.2 Å². The molecule has 1 aromatic heterocycles. The van der Waals surface area contributed by atoms with Gasteiger partial charge < -0.3 is 20.1 Å². The van der Waals surface area contributed by atoms with Crippen LogP contribution in [0.3, 0.4) is 0 Å². The number of guanidine groups is 1. The largest absolute Gasteiger partial charge is 0.359 e. The highest BCUT2D eigenvalue weighted by atomic mass is 16.5. The Balaban J connectivity index is 1.79. The molecule has 0 spiro atoms. The van der Waals surface area contributed by atoms with Crippen molar-refractivity contribution in [1.29, 1.82) is 0 Å². The van der Waals surface area contributed by atoms with E-state index >= 15 is 0 Å². The first-order valence-corrected chi connectivity index (χ1v) is 8.78. The summed E-state index contributed by atoms with van der Waals surface area (Å²) in [6, 6.07) is 2.66. The van der Waals surface area contributed by atoms with Crippen molar-refractivity contribution in [3.8, 4) is 0 Å². The van der Waals surface area contributed by atoms with Crippen LogP contribution in [0.25, 0.3) is 0 Å². The lowest BCUT2D eigenvalue weighted by Crippen LogP contribution is -2.43. The van der Waals surface area contributed by atoms with Gasteiger partial charge in [-0.1, -0.05) is 19.0 Å². The second-order valence-electron chi connectivity index (χ2n) is 6.31. The number of likely N-dealkylation sites (tertiary alicyclic amines) is 1. The van der Waals surface area contributed by atoms with Crippen LogP contribution in [0.5, 0.6) is 0 Å². The molecule has 0 radical (unpaired) electrons. The fourth-order valence-corrected chi connectivity index (χ4v) is 3.15. The molecule has 23 heavy (non-hydrogen) atoms. The lowest BCUT2D eigenvalue weighted by Gasteiger charge is -2.21. The van der Waals surface area contributed by atoms with Gasteiger partial charge in [-0.25, -0.2) is 0 Å². The molecule has 0 aliphatic carbocycles. The van der Waals surface area contributed by atoms with E-state index in [2.05, 4.69) is 52.6 Å². The Labute approximate surface area is 139 Å². The summed E-state index contributed by atoms with van der Waals surface area (Å²) >= 11 is 0. The van der Waals surface area contributed by atoms with Gasteiger partial charge in [0.05, 0.1) is 12.2 Å². The summed E-state index contributed by atoms with van der Waals surface area (Å²) in [6.45, 7) is 7.09. The molecule has 0 bridgehead atoms. The molecule has 130 valence electrons. The van der Waals surface area contributed by atoms with Crippen molar-refractivity contribution in [3.05, 3.63) is 17.5 Å². The number of aliphatic imine (C=N–C) groups is 1. The van der Waals surface area contributed by atoms with Crippen molar-refractivity contribution < 1.29 is 4.52 Å². The van der Waals surface area contributed by atoms with E-state index in [4.69, 9.17) is 4.52 Å². The molecular formula is C17H31N5O. The minimum absolute atomic E-state index is 0.489. The number of rotatable bonds is 7. The van der Waals surface area contributed by atoms with Crippen LogP contribution in [0.15, 0.2) is 15.6 Å². The van der Waals surface area contributed by atoms with Gasteiger partial charge in [0.15, 0.2) is 11.7 Å². The second-order valence-corrected chi connectivity index (χ2v) is 6.31. The van der Waals surface area contributed by atoms with Gasteiger partial charge in [-0.05, 0) is 39.3 Å². The molecule has 6 nitrogen and oxygen atoms in total. The Morgan fingerprint density at radius 3 is 2.83 bits per heavy atom. The number of nitrogens with zero attached hydrogens (tertiary/aromatic N) is 3. The average Bonchev–Trinajstić information content (AvgIpc) is 3.18. The predicted molar refractivity (Wildman–Crippen MR) is 93.7 cm³/mol. The van der Waals surface area contributed by atoms with Crippen LogP contribution in [0.2, 0.25) is 0 Å². The summed E-state index contributed by atoms with van der Waals surface area (Å²) in [5.74, 6) is 2.15. The molecule has 0 saturated carbocycles. The van der Waals surface area contributed by atoms with Crippen molar-refractivity contribution in [2.75, 3.05) is 27.2 Å². The maximum Gasteiger partial charge on any atom is 0.191 e. The van der Waals surface area contributed by atoms with Crippen molar-refractivity contribution >= 4 is 5.96 Å². The Kier molecular flexibility index (Phi) is 6.89. The number of hydrogen-bond acceptors (Lipinski definition) is 4. The maximum absolute atomic E-state index is 5.44. The van der Waals surface area contributed by atoms with E-state index in [1.54, 1.807) is 7.05 Å². The molecular weight excluding hydrogens is 290 g/mol. The monoisotopic (exact) mass is 321 g/mol. The number of aromatic nitrogens is 1. The second kappa shape index (κ2) is 8.91. The zero-order valence-electron chi connectivity index (χ0n) is 14.9. The minimum atomic E-state index is 0.489. The minimum Gasteiger partial charge on any atom is -0.359 e. The molecule has 2 rings (SSSR count). The average molecular weight is 321 g/mol. The van der Waals surface area contributed by atoms with Gasteiger partial charge in [0.1, 0.15) is 0 Å². The van der Waals surface area contributed by atoms with E-state index in [0.29, 0.717) is 18.5 Å². The quantitative estimate of drug-likeness (QED) is 0.596. The zero-order valence-corrected chi connectivity index (χ0v) is 14.9. The van der Waals surface area contributed by atoms with Gasteiger partial charge >= 0.3 is 0 Å². The predicted octanol–water partition coefficient (Wildman–Crippen LogP) is 2.34. The molecule has 0 aromatic carbocycles. The van der Waals surface area contributed by atoms with E-state index in [-0.39, 0.29) is 0 Å². The van der Waals surface area contributed by atoms with E-state index < -0.39 is 0 Å². The lowest BCUT2D eigenvalue weighted by atomic mass is 9.99. The van der Waals surface area contributed by atoms with Crippen molar-refractivity contribution in [1.82, 2.24) is 20.7 Å². The third-order valence-corrected chi connectivity index (χ3v) is 4.81. The van der Waals surface area contributed by atoms with Gasteiger partial charge in [-0.3, -0.25) is 4.99 Å². The van der Waals surface area contributed by atoms with Crippen molar-refractivity contribution in [3.63, 3.8) is 0 Å². The van der Waals surface area contributed by atoms with Gasteiger partial charge in [0, 0.05) is 31.6 Å². The highest BCUT2D eigenvalue weighted by Crippen LogP contribution is 2.22. The Morgan fingerprint density at radius 2 is 2.22 bits per heavy atom. The summed E-state index contributed by atoms with van der Waals surface area (Å²) in [5.41, 5.74) is 1.06. The van der Waals surface area contributed by atoms with E-state index in [1.165, 1.54) is 19.4 Å². The first kappa shape index (κ1) is 17.8. The summed E-state index contributed by atoms with van der Waals surface area (Å²) in [5, 5.41) is 10.9. The van der Waals surface area contributed by atoms with Crippen LogP contribution in [0, 0.1) is 0 Å². The van der Waals surface area contributed by atoms with Gasteiger partial charge in [-0.2, -0.15) is 0 Å². The third kappa shape index (κ3) is 4.96. The van der Waals surface area contributed by atoms with Crippen LogP contribution in [-0.2, 0) is 6.54 Å². The zero-order chi connectivity index (χ0) is 16.7. The molecule has 1 aromatic rings. The summed E-state index contributed by atoms with van der Waals surface area (Å²) in [7, 11) is 3.98. The summed E-state index contributed by atoms with van der Waals surface area (Å²) in [4.78, 5) is 6.68. The Hall–Kier alpha value is -1.56. The lowest BCUT2D eigenvalue weighted by molar-refractivity contribution is 0.309.